The maximum Gasteiger partial charge on any atom is 0.433 e. The van der Waals surface area contributed by atoms with Gasteiger partial charge in [0.2, 0.25) is 5.88 Å². The van der Waals surface area contributed by atoms with Crippen molar-refractivity contribution >= 4 is 5.91 Å². The molecule has 0 radical (unpaired) electrons. The molecule has 0 N–H and O–H groups in total. The zero-order valence-corrected chi connectivity index (χ0v) is 12.9. The van der Waals surface area contributed by atoms with Crippen LogP contribution in [0.25, 0.3) is 0 Å². The minimum atomic E-state index is -4.52. The SMILES string of the molecule is Cc1noc(C)c1C(=O)N1CC(Oc2cccc(C(F)(F)F)n2)C1. The van der Waals surface area contributed by atoms with Crippen molar-refractivity contribution in [2.45, 2.75) is 26.1 Å². The molecule has 1 aliphatic heterocycles. The Balaban J connectivity index is 1.61. The van der Waals surface area contributed by atoms with E-state index in [1.165, 1.54) is 17.0 Å². The van der Waals surface area contributed by atoms with Crippen LogP contribution in [0.15, 0.2) is 22.7 Å². The van der Waals surface area contributed by atoms with Crippen LogP contribution in [0.4, 0.5) is 13.2 Å². The van der Waals surface area contributed by atoms with E-state index < -0.39 is 18.0 Å². The second-order valence-corrected chi connectivity index (χ2v) is 5.51. The third-order valence-corrected chi connectivity index (χ3v) is 3.68. The molecule has 1 amide bonds. The number of carbonyl (C=O) groups excluding carboxylic acids is 1. The van der Waals surface area contributed by atoms with Crippen molar-refractivity contribution in [3.63, 3.8) is 0 Å². The van der Waals surface area contributed by atoms with E-state index in [0.717, 1.165) is 6.07 Å². The fourth-order valence-electron chi connectivity index (χ4n) is 2.43. The smallest absolute Gasteiger partial charge is 0.433 e. The topological polar surface area (TPSA) is 68.5 Å². The molecule has 1 aliphatic rings. The van der Waals surface area contributed by atoms with Crippen molar-refractivity contribution in [2.24, 2.45) is 0 Å². The molecule has 2 aromatic heterocycles. The number of rotatable bonds is 3. The molecule has 0 atom stereocenters. The van der Waals surface area contributed by atoms with Crippen LogP contribution in [0.2, 0.25) is 0 Å². The van der Waals surface area contributed by atoms with E-state index in [0.29, 0.717) is 17.0 Å². The highest BCUT2D eigenvalue weighted by Crippen LogP contribution is 2.29. The summed E-state index contributed by atoms with van der Waals surface area (Å²) in [5.41, 5.74) is -0.102. The molecule has 0 saturated carbocycles. The van der Waals surface area contributed by atoms with Gasteiger partial charge in [-0.15, -0.1) is 0 Å². The highest BCUT2D eigenvalue weighted by atomic mass is 19.4. The van der Waals surface area contributed by atoms with Gasteiger partial charge >= 0.3 is 6.18 Å². The Bertz CT molecular complexity index is 747. The van der Waals surface area contributed by atoms with Gasteiger partial charge in [-0.1, -0.05) is 11.2 Å². The third kappa shape index (κ3) is 3.06. The number of aryl methyl sites for hydroxylation is 2. The van der Waals surface area contributed by atoms with E-state index in [9.17, 15) is 18.0 Å². The minimum absolute atomic E-state index is 0.112. The van der Waals surface area contributed by atoms with Gasteiger partial charge in [-0.05, 0) is 19.9 Å². The van der Waals surface area contributed by atoms with Crippen LogP contribution in [-0.4, -0.2) is 40.1 Å². The highest BCUT2D eigenvalue weighted by Gasteiger charge is 2.36. The maximum absolute atomic E-state index is 12.6. The molecule has 1 saturated heterocycles. The van der Waals surface area contributed by atoms with Crippen LogP contribution < -0.4 is 4.74 Å². The Morgan fingerprint density at radius 3 is 2.62 bits per heavy atom. The van der Waals surface area contributed by atoms with Gasteiger partial charge in [0.25, 0.3) is 5.91 Å². The monoisotopic (exact) mass is 341 g/mol. The summed E-state index contributed by atoms with van der Waals surface area (Å²) >= 11 is 0. The summed E-state index contributed by atoms with van der Waals surface area (Å²) in [7, 11) is 0. The van der Waals surface area contributed by atoms with Crippen molar-refractivity contribution in [2.75, 3.05) is 13.1 Å². The molecule has 0 aromatic carbocycles. The van der Waals surface area contributed by atoms with Crippen LogP contribution in [0.1, 0.15) is 27.5 Å². The number of aromatic nitrogens is 2. The van der Waals surface area contributed by atoms with Crippen LogP contribution in [0, 0.1) is 13.8 Å². The number of hydrogen-bond donors (Lipinski definition) is 0. The first-order valence-corrected chi connectivity index (χ1v) is 7.18. The number of pyridine rings is 1. The normalized spacial score (nSPS) is 15.3. The van der Waals surface area contributed by atoms with Gasteiger partial charge in [0.1, 0.15) is 23.1 Å². The molecule has 3 heterocycles. The van der Waals surface area contributed by atoms with E-state index in [2.05, 4.69) is 10.1 Å². The molecule has 128 valence electrons. The van der Waals surface area contributed by atoms with E-state index >= 15 is 0 Å². The molecule has 0 aliphatic carbocycles. The van der Waals surface area contributed by atoms with Crippen LogP contribution in [0.3, 0.4) is 0 Å². The highest BCUT2D eigenvalue weighted by molar-refractivity contribution is 5.96. The van der Waals surface area contributed by atoms with Crippen molar-refractivity contribution in [1.82, 2.24) is 15.0 Å². The maximum atomic E-state index is 12.6. The summed E-state index contributed by atoms with van der Waals surface area (Å²) in [6.07, 6.45) is -4.92. The molecular formula is C15H14F3N3O3. The fourth-order valence-corrected chi connectivity index (χ4v) is 2.43. The molecule has 3 rings (SSSR count). The average Bonchev–Trinajstić information content (AvgIpc) is 2.80. The van der Waals surface area contributed by atoms with E-state index in [1.54, 1.807) is 13.8 Å². The molecule has 0 bridgehead atoms. The summed E-state index contributed by atoms with van der Waals surface area (Å²) in [5, 5.41) is 3.73. The van der Waals surface area contributed by atoms with Gasteiger partial charge < -0.3 is 14.2 Å². The number of likely N-dealkylation sites (tertiary alicyclic amines) is 1. The molecule has 2 aromatic rings. The molecule has 9 heteroatoms. The first-order chi connectivity index (χ1) is 11.3. The predicted octanol–water partition coefficient (Wildman–Crippen LogP) is 2.61. The van der Waals surface area contributed by atoms with Gasteiger partial charge in [0, 0.05) is 6.07 Å². The minimum Gasteiger partial charge on any atom is -0.471 e. The molecule has 1 fully saturated rings. The van der Waals surface area contributed by atoms with Crippen molar-refractivity contribution in [3.8, 4) is 5.88 Å². The average molecular weight is 341 g/mol. The Kier molecular flexibility index (Phi) is 3.94. The zero-order valence-electron chi connectivity index (χ0n) is 12.9. The fraction of sp³-hybridized carbons (Fsp3) is 0.400. The zero-order chi connectivity index (χ0) is 17.5. The van der Waals surface area contributed by atoms with Gasteiger partial charge in [-0.25, -0.2) is 4.98 Å². The Morgan fingerprint density at radius 2 is 2.04 bits per heavy atom. The van der Waals surface area contributed by atoms with Crippen molar-refractivity contribution < 1.29 is 27.2 Å². The Morgan fingerprint density at radius 1 is 1.33 bits per heavy atom. The Labute approximate surface area is 135 Å². The quantitative estimate of drug-likeness (QED) is 0.858. The summed E-state index contributed by atoms with van der Waals surface area (Å²) in [4.78, 5) is 17.3. The second-order valence-electron chi connectivity index (χ2n) is 5.51. The van der Waals surface area contributed by atoms with E-state index in [4.69, 9.17) is 9.26 Å². The van der Waals surface area contributed by atoms with Gasteiger partial charge in [-0.2, -0.15) is 13.2 Å². The van der Waals surface area contributed by atoms with Crippen LogP contribution >= 0.6 is 0 Å². The number of hydrogen-bond acceptors (Lipinski definition) is 5. The first-order valence-electron chi connectivity index (χ1n) is 7.18. The number of amides is 1. The predicted molar refractivity (Wildman–Crippen MR) is 75.5 cm³/mol. The van der Waals surface area contributed by atoms with Gasteiger partial charge in [0.15, 0.2) is 0 Å². The van der Waals surface area contributed by atoms with E-state index in [1.807, 2.05) is 0 Å². The lowest BCUT2D eigenvalue weighted by molar-refractivity contribution is -0.141. The largest absolute Gasteiger partial charge is 0.471 e. The third-order valence-electron chi connectivity index (χ3n) is 3.68. The standard InChI is InChI=1S/C15H14F3N3O3/c1-8-13(9(2)24-20-8)14(22)21-6-10(7-21)23-12-5-3-4-11(19-12)15(16,17)18/h3-5,10H,6-7H2,1-2H3. The summed E-state index contributed by atoms with van der Waals surface area (Å²) in [6, 6.07) is 3.46. The van der Waals surface area contributed by atoms with E-state index in [-0.39, 0.29) is 24.9 Å². The number of alkyl halides is 3. The lowest BCUT2D eigenvalue weighted by Crippen LogP contribution is -2.56. The van der Waals surface area contributed by atoms with Gasteiger partial charge in [-0.3, -0.25) is 4.79 Å². The van der Waals surface area contributed by atoms with Crippen molar-refractivity contribution in [3.05, 3.63) is 40.9 Å². The summed E-state index contributed by atoms with van der Waals surface area (Å²) in [5.74, 6) is 0.0868. The number of nitrogens with zero attached hydrogens (tertiary/aromatic N) is 3. The molecule has 0 unspecified atom stereocenters. The Hall–Kier alpha value is -2.58. The number of ether oxygens (including phenoxy) is 1. The first kappa shape index (κ1) is 16.3. The van der Waals surface area contributed by atoms with Gasteiger partial charge in [0.05, 0.1) is 18.8 Å². The molecule has 0 spiro atoms. The number of halogens is 3. The second kappa shape index (κ2) is 5.81. The van der Waals surface area contributed by atoms with Crippen LogP contribution in [-0.2, 0) is 6.18 Å². The number of carbonyl (C=O) groups is 1. The van der Waals surface area contributed by atoms with Crippen molar-refractivity contribution in [1.29, 1.82) is 0 Å². The van der Waals surface area contributed by atoms with Crippen LogP contribution in [0.5, 0.6) is 5.88 Å². The lowest BCUT2D eigenvalue weighted by atomic mass is 10.1. The lowest BCUT2D eigenvalue weighted by Gasteiger charge is -2.38. The molecule has 24 heavy (non-hydrogen) atoms. The molecular weight excluding hydrogens is 327 g/mol. The molecule has 6 nitrogen and oxygen atoms in total. The summed E-state index contributed by atoms with van der Waals surface area (Å²) < 4.78 is 48.2. The summed E-state index contributed by atoms with van der Waals surface area (Å²) in [6.45, 7) is 3.85.